The standard InChI is InChI=1S/C10H5ClO3/c11-10(13)9(12)7-5-14-8-4-2-1-3-6(7)8/h1-5H. The maximum absolute atomic E-state index is 11.3. The van der Waals surface area contributed by atoms with E-state index in [1.54, 1.807) is 24.3 Å². The lowest BCUT2D eigenvalue weighted by Gasteiger charge is -1.90. The topological polar surface area (TPSA) is 47.3 Å². The van der Waals surface area contributed by atoms with Gasteiger partial charge in [-0.05, 0) is 17.7 Å². The van der Waals surface area contributed by atoms with E-state index in [0.717, 1.165) is 0 Å². The second-order valence-corrected chi connectivity index (χ2v) is 3.09. The Morgan fingerprint density at radius 2 is 1.93 bits per heavy atom. The van der Waals surface area contributed by atoms with Crippen LogP contribution in [-0.2, 0) is 4.79 Å². The molecule has 0 aliphatic rings. The second-order valence-electron chi connectivity index (χ2n) is 2.75. The van der Waals surface area contributed by atoms with Gasteiger partial charge in [0.1, 0.15) is 11.8 Å². The van der Waals surface area contributed by atoms with Crippen molar-refractivity contribution in [1.29, 1.82) is 0 Å². The van der Waals surface area contributed by atoms with Crippen LogP contribution in [0.2, 0.25) is 0 Å². The Bertz CT molecular complexity index is 513. The van der Waals surface area contributed by atoms with Gasteiger partial charge in [-0.15, -0.1) is 0 Å². The van der Waals surface area contributed by atoms with Crippen LogP contribution >= 0.6 is 11.6 Å². The van der Waals surface area contributed by atoms with Gasteiger partial charge in [-0.3, -0.25) is 9.59 Å². The molecule has 0 fully saturated rings. The lowest BCUT2D eigenvalue weighted by Crippen LogP contribution is -2.06. The normalized spacial score (nSPS) is 10.4. The van der Waals surface area contributed by atoms with E-state index in [9.17, 15) is 9.59 Å². The van der Waals surface area contributed by atoms with Crippen LogP contribution in [0.3, 0.4) is 0 Å². The van der Waals surface area contributed by atoms with Gasteiger partial charge >= 0.3 is 0 Å². The van der Waals surface area contributed by atoms with Gasteiger partial charge in [0, 0.05) is 5.39 Å². The average molecular weight is 209 g/mol. The molecule has 1 aromatic heterocycles. The summed E-state index contributed by atoms with van der Waals surface area (Å²) in [6, 6.07) is 6.95. The molecule has 70 valence electrons. The Morgan fingerprint density at radius 1 is 1.21 bits per heavy atom. The number of Topliss-reactive ketones (excluding diaryl/α,β-unsaturated/α-hetero) is 1. The minimum absolute atomic E-state index is 0.209. The molecule has 0 unspecified atom stereocenters. The van der Waals surface area contributed by atoms with Crippen LogP contribution in [0.4, 0.5) is 0 Å². The lowest BCUT2D eigenvalue weighted by atomic mass is 10.1. The highest BCUT2D eigenvalue weighted by Gasteiger charge is 2.18. The first-order chi connectivity index (χ1) is 6.70. The third kappa shape index (κ3) is 1.32. The zero-order valence-corrected chi connectivity index (χ0v) is 7.75. The van der Waals surface area contributed by atoms with E-state index in [-0.39, 0.29) is 5.56 Å². The molecule has 0 amide bonds. The van der Waals surface area contributed by atoms with E-state index < -0.39 is 11.0 Å². The van der Waals surface area contributed by atoms with Crippen LogP contribution in [0.5, 0.6) is 0 Å². The van der Waals surface area contributed by atoms with Crippen molar-refractivity contribution in [2.24, 2.45) is 0 Å². The largest absolute Gasteiger partial charge is 0.464 e. The highest BCUT2D eigenvalue weighted by molar-refractivity contribution is 6.83. The smallest absolute Gasteiger partial charge is 0.293 e. The van der Waals surface area contributed by atoms with Gasteiger partial charge in [0.2, 0.25) is 5.78 Å². The van der Waals surface area contributed by atoms with Crippen molar-refractivity contribution < 1.29 is 14.0 Å². The van der Waals surface area contributed by atoms with Gasteiger partial charge in [0.05, 0.1) is 5.56 Å². The number of furan rings is 1. The van der Waals surface area contributed by atoms with E-state index in [4.69, 9.17) is 16.0 Å². The highest BCUT2D eigenvalue weighted by Crippen LogP contribution is 2.21. The van der Waals surface area contributed by atoms with Crippen molar-refractivity contribution in [1.82, 2.24) is 0 Å². The molecule has 3 nitrogen and oxygen atoms in total. The number of carbonyl (C=O) groups is 2. The first-order valence-corrected chi connectivity index (χ1v) is 4.28. The van der Waals surface area contributed by atoms with Gasteiger partial charge in [-0.25, -0.2) is 0 Å². The minimum atomic E-state index is -1.00. The molecule has 0 N–H and O–H groups in total. The Hall–Kier alpha value is -1.61. The molecule has 0 bridgehead atoms. The predicted octanol–water partition coefficient (Wildman–Crippen LogP) is 2.38. The maximum Gasteiger partial charge on any atom is 0.293 e. The summed E-state index contributed by atoms with van der Waals surface area (Å²) in [7, 11) is 0. The number of fused-ring (bicyclic) bond motifs is 1. The van der Waals surface area contributed by atoms with E-state index in [0.29, 0.717) is 11.0 Å². The van der Waals surface area contributed by atoms with Gasteiger partial charge < -0.3 is 4.42 Å². The quantitative estimate of drug-likeness (QED) is 0.433. The molecule has 0 aliphatic carbocycles. The first kappa shape index (κ1) is 8.97. The molecule has 0 radical (unpaired) electrons. The summed E-state index contributed by atoms with van der Waals surface area (Å²) in [5, 5.41) is -0.400. The third-order valence-electron chi connectivity index (χ3n) is 1.90. The van der Waals surface area contributed by atoms with Crippen LogP contribution in [0, 0.1) is 0 Å². The summed E-state index contributed by atoms with van der Waals surface area (Å²) in [5.41, 5.74) is 0.773. The average Bonchev–Trinajstić information content (AvgIpc) is 2.60. The number of benzene rings is 1. The summed E-state index contributed by atoms with van der Waals surface area (Å²) in [4.78, 5) is 21.9. The molecule has 0 aliphatic heterocycles. The molecule has 4 heteroatoms. The molecule has 2 aromatic rings. The Kier molecular flexibility index (Phi) is 2.09. The molecule has 2 rings (SSSR count). The van der Waals surface area contributed by atoms with Crippen molar-refractivity contribution in [2.75, 3.05) is 0 Å². The van der Waals surface area contributed by atoms with Crippen LogP contribution in [0.1, 0.15) is 10.4 Å². The van der Waals surface area contributed by atoms with E-state index in [1.807, 2.05) is 0 Å². The van der Waals surface area contributed by atoms with Gasteiger partial charge in [0.15, 0.2) is 0 Å². The fourth-order valence-corrected chi connectivity index (χ4v) is 1.36. The SMILES string of the molecule is O=C(Cl)C(=O)c1coc2ccccc12. The number of para-hydroxylation sites is 1. The number of hydrogen-bond donors (Lipinski definition) is 0. The number of rotatable bonds is 2. The van der Waals surface area contributed by atoms with Gasteiger partial charge in [-0.1, -0.05) is 18.2 Å². The van der Waals surface area contributed by atoms with E-state index >= 15 is 0 Å². The second kappa shape index (κ2) is 3.27. The fraction of sp³-hybridized carbons (Fsp3) is 0. The number of halogens is 1. The molecular weight excluding hydrogens is 204 g/mol. The van der Waals surface area contributed by atoms with Crippen molar-refractivity contribution in [2.45, 2.75) is 0 Å². The van der Waals surface area contributed by atoms with Crippen molar-refractivity contribution in [3.8, 4) is 0 Å². The monoisotopic (exact) mass is 208 g/mol. The molecule has 0 saturated carbocycles. The number of ketones is 1. The Labute approximate surface area is 84.3 Å². The van der Waals surface area contributed by atoms with Gasteiger partial charge in [-0.2, -0.15) is 0 Å². The van der Waals surface area contributed by atoms with Crippen LogP contribution in [0.15, 0.2) is 34.9 Å². The van der Waals surface area contributed by atoms with E-state index in [2.05, 4.69) is 0 Å². The number of hydrogen-bond acceptors (Lipinski definition) is 3. The summed E-state index contributed by atoms with van der Waals surface area (Å²) >= 11 is 5.09. The molecular formula is C10H5ClO3. The zero-order valence-electron chi connectivity index (χ0n) is 6.99. The molecule has 1 aromatic carbocycles. The highest BCUT2D eigenvalue weighted by atomic mass is 35.5. The predicted molar refractivity (Wildman–Crippen MR) is 51.4 cm³/mol. The molecule has 0 saturated heterocycles. The van der Waals surface area contributed by atoms with Crippen molar-refractivity contribution >= 4 is 33.6 Å². The Morgan fingerprint density at radius 3 is 2.64 bits per heavy atom. The first-order valence-electron chi connectivity index (χ1n) is 3.90. The van der Waals surface area contributed by atoms with Crippen molar-refractivity contribution in [3.63, 3.8) is 0 Å². The lowest BCUT2D eigenvalue weighted by molar-refractivity contribution is -0.108. The van der Waals surface area contributed by atoms with Gasteiger partial charge in [0.25, 0.3) is 5.24 Å². The molecule has 0 atom stereocenters. The van der Waals surface area contributed by atoms with Crippen LogP contribution in [0.25, 0.3) is 11.0 Å². The summed E-state index contributed by atoms with van der Waals surface area (Å²) in [5.74, 6) is -0.739. The third-order valence-corrected chi connectivity index (χ3v) is 2.08. The summed E-state index contributed by atoms with van der Waals surface area (Å²) in [6.45, 7) is 0. The summed E-state index contributed by atoms with van der Waals surface area (Å²) in [6.07, 6.45) is 1.24. The maximum atomic E-state index is 11.3. The molecule has 0 spiro atoms. The zero-order chi connectivity index (χ0) is 10.1. The Balaban J connectivity index is 2.64. The number of carbonyl (C=O) groups excluding carboxylic acids is 2. The van der Waals surface area contributed by atoms with Crippen molar-refractivity contribution in [3.05, 3.63) is 36.1 Å². The van der Waals surface area contributed by atoms with Crippen LogP contribution < -0.4 is 0 Å². The van der Waals surface area contributed by atoms with E-state index in [1.165, 1.54) is 6.26 Å². The molecule has 1 heterocycles. The summed E-state index contributed by atoms with van der Waals surface area (Å²) < 4.78 is 5.09. The molecule has 14 heavy (non-hydrogen) atoms. The minimum Gasteiger partial charge on any atom is -0.464 e. The fourth-order valence-electron chi connectivity index (χ4n) is 1.26. The van der Waals surface area contributed by atoms with Crippen LogP contribution in [-0.4, -0.2) is 11.0 Å².